The lowest BCUT2D eigenvalue weighted by atomic mass is 9.92. The van der Waals surface area contributed by atoms with E-state index >= 15 is 0 Å². The lowest BCUT2D eigenvalue weighted by Gasteiger charge is -2.30. The number of nitriles is 1. The third-order valence-electron chi connectivity index (χ3n) is 6.14. The first-order valence-electron chi connectivity index (χ1n) is 10.3. The molecule has 0 amide bonds. The maximum absolute atomic E-state index is 12.2. The average Bonchev–Trinajstić information content (AvgIpc) is 3.52. The number of benzene rings is 2. The summed E-state index contributed by atoms with van der Waals surface area (Å²) in [5.74, 6) is 0.765. The van der Waals surface area contributed by atoms with Crippen molar-refractivity contribution in [2.24, 2.45) is 0 Å². The van der Waals surface area contributed by atoms with Crippen LogP contribution >= 0.6 is 0 Å². The Kier molecular flexibility index (Phi) is 4.48. The van der Waals surface area contributed by atoms with Gasteiger partial charge >= 0.3 is 0 Å². The number of ether oxygens (including phenoxy) is 1. The zero-order valence-corrected chi connectivity index (χ0v) is 17.6. The van der Waals surface area contributed by atoms with E-state index in [0.717, 1.165) is 53.6 Å². The molecule has 154 valence electrons. The lowest BCUT2D eigenvalue weighted by Crippen LogP contribution is -2.18. The molecule has 0 atom stereocenters. The number of hydrogen-bond donors (Lipinski definition) is 1. The van der Waals surface area contributed by atoms with Crippen LogP contribution in [0, 0.1) is 11.3 Å². The Labute approximate surface area is 176 Å². The number of methoxy groups -OCH3 is 1. The fourth-order valence-corrected chi connectivity index (χ4v) is 5.55. The van der Waals surface area contributed by atoms with E-state index in [-0.39, 0.29) is 5.25 Å². The molecule has 2 aromatic carbocycles. The summed E-state index contributed by atoms with van der Waals surface area (Å²) in [5.41, 5.74) is 4.00. The van der Waals surface area contributed by atoms with Gasteiger partial charge in [-0.15, -0.1) is 0 Å². The van der Waals surface area contributed by atoms with Gasteiger partial charge in [-0.2, -0.15) is 5.26 Å². The van der Waals surface area contributed by atoms with E-state index in [0.29, 0.717) is 17.3 Å². The van der Waals surface area contributed by atoms with Crippen LogP contribution in [0.1, 0.15) is 43.7 Å². The number of nitrogens with one attached hydrogen (secondary N) is 1. The van der Waals surface area contributed by atoms with Crippen molar-refractivity contribution in [3.05, 3.63) is 48.0 Å². The van der Waals surface area contributed by atoms with Crippen LogP contribution in [0.5, 0.6) is 5.75 Å². The van der Waals surface area contributed by atoms with Crippen LogP contribution in [0.3, 0.4) is 0 Å². The van der Waals surface area contributed by atoms with E-state index in [4.69, 9.17) is 4.74 Å². The molecule has 0 aliphatic heterocycles. The van der Waals surface area contributed by atoms with Crippen molar-refractivity contribution in [3.63, 3.8) is 0 Å². The Morgan fingerprint density at radius 2 is 1.83 bits per heavy atom. The molecule has 6 nitrogen and oxygen atoms in total. The highest BCUT2D eigenvalue weighted by molar-refractivity contribution is 7.93. The van der Waals surface area contributed by atoms with Crippen molar-refractivity contribution >= 4 is 26.6 Å². The Bertz CT molecular complexity index is 1260. The molecule has 5 rings (SSSR count). The Morgan fingerprint density at radius 1 is 1.10 bits per heavy atom. The highest BCUT2D eigenvalue weighted by Crippen LogP contribution is 2.43. The van der Waals surface area contributed by atoms with Gasteiger partial charge < -0.3 is 9.30 Å². The first kappa shape index (κ1) is 19.0. The van der Waals surface area contributed by atoms with Crippen molar-refractivity contribution in [1.82, 2.24) is 4.57 Å². The zero-order valence-electron chi connectivity index (χ0n) is 16.8. The van der Waals surface area contributed by atoms with E-state index in [2.05, 4.69) is 15.4 Å². The molecule has 1 aromatic heterocycles. The molecule has 0 spiro atoms. The van der Waals surface area contributed by atoms with Crippen LogP contribution in [0.15, 0.2) is 42.5 Å². The van der Waals surface area contributed by atoms with Crippen molar-refractivity contribution in [2.45, 2.75) is 43.4 Å². The van der Waals surface area contributed by atoms with Crippen LogP contribution in [0.2, 0.25) is 0 Å². The molecular weight excluding hydrogens is 398 g/mol. The topological polar surface area (TPSA) is 84.1 Å². The quantitative estimate of drug-likeness (QED) is 0.619. The van der Waals surface area contributed by atoms with Gasteiger partial charge in [0.2, 0.25) is 10.0 Å². The number of fused-ring (bicyclic) bond motifs is 1. The minimum Gasteiger partial charge on any atom is -0.497 e. The lowest BCUT2D eigenvalue weighted by molar-refractivity contribution is 0.324. The number of nitrogens with zero attached hydrogens (tertiary/aromatic N) is 2. The molecule has 0 bridgehead atoms. The maximum Gasteiger partial charge on any atom is 0.235 e. The SMILES string of the molecule is COc1ccc2c(C#N)c(-c3ccc(NS(=O)(=O)C4CC4)cc3)n(C3CCC3)c2c1. The Hall–Kier alpha value is -2.98. The molecule has 1 N–H and O–H groups in total. The first-order valence-corrected chi connectivity index (χ1v) is 11.8. The van der Waals surface area contributed by atoms with Gasteiger partial charge in [0.15, 0.2) is 0 Å². The summed E-state index contributed by atoms with van der Waals surface area (Å²) in [6.45, 7) is 0. The van der Waals surface area contributed by atoms with E-state index < -0.39 is 10.0 Å². The number of rotatable bonds is 6. The van der Waals surface area contributed by atoms with Crippen molar-refractivity contribution < 1.29 is 13.2 Å². The minimum atomic E-state index is -3.30. The van der Waals surface area contributed by atoms with Gasteiger partial charge in [0.05, 0.1) is 29.1 Å². The minimum absolute atomic E-state index is 0.265. The third-order valence-corrected chi connectivity index (χ3v) is 8.01. The van der Waals surface area contributed by atoms with Gasteiger partial charge in [-0.05, 0) is 61.9 Å². The smallest absolute Gasteiger partial charge is 0.235 e. The van der Waals surface area contributed by atoms with E-state index in [1.807, 2.05) is 30.3 Å². The number of sulfonamides is 1. The summed E-state index contributed by atoms with van der Waals surface area (Å²) in [5, 5.41) is 10.6. The second-order valence-corrected chi connectivity index (χ2v) is 10.1. The summed E-state index contributed by atoms with van der Waals surface area (Å²) in [7, 11) is -1.65. The predicted molar refractivity (Wildman–Crippen MR) is 117 cm³/mol. The molecule has 0 radical (unpaired) electrons. The highest BCUT2D eigenvalue weighted by atomic mass is 32.2. The molecule has 2 saturated carbocycles. The second-order valence-electron chi connectivity index (χ2n) is 8.10. The maximum atomic E-state index is 12.2. The van der Waals surface area contributed by atoms with Crippen LogP contribution in [0.4, 0.5) is 5.69 Å². The summed E-state index contributed by atoms with van der Waals surface area (Å²) >= 11 is 0. The van der Waals surface area contributed by atoms with Crippen LogP contribution < -0.4 is 9.46 Å². The van der Waals surface area contributed by atoms with Crippen LogP contribution in [-0.4, -0.2) is 25.3 Å². The number of hydrogen-bond acceptors (Lipinski definition) is 4. The van der Waals surface area contributed by atoms with Gasteiger partial charge in [-0.3, -0.25) is 4.72 Å². The second kappa shape index (κ2) is 7.06. The van der Waals surface area contributed by atoms with Gasteiger partial charge in [0.1, 0.15) is 11.8 Å². The number of aromatic nitrogens is 1. The summed E-state index contributed by atoms with van der Waals surface area (Å²) in [6, 6.07) is 15.9. The van der Waals surface area contributed by atoms with Crippen molar-refractivity contribution in [1.29, 1.82) is 5.26 Å². The molecule has 2 aliphatic rings. The normalized spacial score (nSPS) is 16.8. The summed E-state index contributed by atoms with van der Waals surface area (Å²) in [4.78, 5) is 0. The van der Waals surface area contributed by atoms with Crippen molar-refractivity contribution in [2.75, 3.05) is 11.8 Å². The molecular formula is C23H23N3O3S. The van der Waals surface area contributed by atoms with E-state index in [9.17, 15) is 13.7 Å². The predicted octanol–water partition coefficient (Wildman–Crippen LogP) is 4.82. The third kappa shape index (κ3) is 3.12. The molecule has 0 saturated heterocycles. The van der Waals surface area contributed by atoms with E-state index in [1.165, 1.54) is 6.42 Å². The number of anilines is 1. The van der Waals surface area contributed by atoms with Gasteiger partial charge in [-0.1, -0.05) is 12.1 Å². The molecule has 30 heavy (non-hydrogen) atoms. The van der Waals surface area contributed by atoms with E-state index in [1.54, 1.807) is 19.2 Å². The zero-order chi connectivity index (χ0) is 20.9. The molecule has 2 aliphatic carbocycles. The van der Waals surface area contributed by atoms with Gasteiger partial charge in [0, 0.05) is 23.2 Å². The first-order chi connectivity index (χ1) is 14.5. The van der Waals surface area contributed by atoms with Crippen molar-refractivity contribution in [3.8, 4) is 23.1 Å². The molecule has 0 unspecified atom stereocenters. The average molecular weight is 422 g/mol. The van der Waals surface area contributed by atoms with Gasteiger partial charge in [0.25, 0.3) is 0 Å². The van der Waals surface area contributed by atoms with Crippen LogP contribution in [0.25, 0.3) is 22.2 Å². The molecule has 7 heteroatoms. The van der Waals surface area contributed by atoms with Gasteiger partial charge in [-0.25, -0.2) is 8.42 Å². The Morgan fingerprint density at radius 3 is 2.40 bits per heavy atom. The Balaban J connectivity index is 1.62. The largest absolute Gasteiger partial charge is 0.497 e. The molecule has 2 fully saturated rings. The fraction of sp³-hybridized carbons (Fsp3) is 0.348. The standard InChI is InChI=1S/C23H23N3O3S/c1-29-18-9-12-20-21(14-24)23(26(22(20)13-18)17-3-2-4-17)15-5-7-16(8-6-15)25-30(27,28)19-10-11-19/h5-9,12-13,17,19,25H,2-4,10-11H2,1H3. The summed E-state index contributed by atoms with van der Waals surface area (Å²) in [6.07, 6.45) is 4.79. The molecule has 1 heterocycles. The molecule has 3 aromatic rings. The monoisotopic (exact) mass is 421 g/mol. The highest BCUT2D eigenvalue weighted by Gasteiger charge is 2.35. The van der Waals surface area contributed by atoms with Crippen LogP contribution in [-0.2, 0) is 10.0 Å². The fourth-order valence-electron chi connectivity index (χ4n) is 4.16. The summed E-state index contributed by atoms with van der Waals surface area (Å²) < 4.78 is 34.8.